The monoisotopic (exact) mass is 406 g/mol. The number of hydrogen-bond acceptors (Lipinski definition) is 5. The molecule has 2 rings (SSSR count). The highest BCUT2D eigenvalue weighted by molar-refractivity contribution is 7.89. The number of methoxy groups -OCH3 is 1. The smallest absolute Gasteiger partial charge is 0.258 e. The molecule has 152 valence electrons. The standard InChI is InChI=1S/C20H26N2O5S/c1-4-15(2)22-28(24,25)19-11-9-18(10-12-19)27-14-20(23)21-13-16-5-7-17(26-3)8-6-16/h5-12,15,22H,4,13-14H2,1-3H3,(H,21,23)/t15-/m0/s1. The van der Waals surface area contributed by atoms with Crippen LogP contribution in [0, 0.1) is 0 Å². The molecule has 0 spiro atoms. The maximum atomic E-state index is 12.2. The second kappa shape index (κ2) is 10.1. The van der Waals surface area contributed by atoms with Crippen molar-refractivity contribution in [2.24, 2.45) is 0 Å². The van der Waals surface area contributed by atoms with Crippen LogP contribution in [0.3, 0.4) is 0 Å². The SMILES string of the molecule is CC[C@H](C)NS(=O)(=O)c1ccc(OCC(=O)NCc2ccc(OC)cc2)cc1. The maximum Gasteiger partial charge on any atom is 0.258 e. The Labute approximate surface area is 166 Å². The van der Waals surface area contributed by atoms with Gasteiger partial charge >= 0.3 is 0 Å². The molecule has 2 N–H and O–H groups in total. The number of carbonyl (C=O) groups excluding carboxylic acids is 1. The van der Waals surface area contributed by atoms with Gasteiger partial charge < -0.3 is 14.8 Å². The Hall–Kier alpha value is -2.58. The molecular formula is C20H26N2O5S. The van der Waals surface area contributed by atoms with Gasteiger partial charge in [-0.15, -0.1) is 0 Å². The second-order valence-electron chi connectivity index (χ2n) is 6.32. The molecule has 2 aromatic carbocycles. The van der Waals surface area contributed by atoms with E-state index in [4.69, 9.17) is 9.47 Å². The Kier molecular flexibility index (Phi) is 7.83. The van der Waals surface area contributed by atoms with Gasteiger partial charge in [0.1, 0.15) is 11.5 Å². The number of nitrogens with one attached hydrogen (secondary N) is 2. The van der Waals surface area contributed by atoms with Crippen molar-refractivity contribution in [2.45, 2.75) is 37.8 Å². The van der Waals surface area contributed by atoms with Crippen LogP contribution in [0.15, 0.2) is 53.4 Å². The van der Waals surface area contributed by atoms with Gasteiger partial charge in [-0.05, 0) is 55.3 Å². The lowest BCUT2D eigenvalue weighted by Gasteiger charge is -2.12. The van der Waals surface area contributed by atoms with E-state index < -0.39 is 10.0 Å². The molecule has 0 aliphatic heterocycles. The van der Waals surface area contributed by atoms with Crippen molar-refractivity contribution in [3.05, 3.63) is 54.1 Å². The van der Waals surface area contributed by atoms with Gasteiger partial charge in [0.2, 0.25) is 10.0 Å². The lowest BCUT2D eigenvalue weighted by molar-refractivity contribution is -0.123. The van der Waals surface area contributed by atoms with Gasteiger partial charge in [-0.25, -0.2) is 13.1 Å². The van der Waals surface area contributed by atoms with Crippen LogP contribution in [0.5, 0.6) is 11.5 Å². The average Bonchev–Trinajstić information content (AvgIpc) is 2.71. The fourth-order valence-electron chi connectivity index (χ4n) is 2.28. The highest BCUT2D eigenvalue weighted by Crippen LogP contribution is 2.16. The van der Waals surface area contributed by atoms with E-state index in [0.717, 1.165) is 11.3 Å². The van der Waals surface area contributed by atoms with Crippen LogP contribution in [0.1, 0.15) is 25.8 Å². The molecule has 0 unspecified atom stereocenters. The first-order valence-corrected chi connectivity index (χ1v) is 10.5. The molecule has 2 aromatic rings. The van der Waals surface area contributed by atoms with Crippen LogP contribution in [0.25, 0.3) is 0 Å². The number of ether oxygens (including phenoxy) is 2. The molecule has 28 heavy (non-hydrogen) atoms. The molecule has 0 radical (unpaired) electrons. The largest absolute Gasteiger partial charge is 0.497 e. The van der Waals surface area contributed by atoms with Crippen molar-refractivity contribution in [1.82, 2.24) is 10.0 Å². The van der Waals surface area contributed by atoms with E-state index in [1.165, 1.54) is 24.3 Å². The third kappa shape index (κ3) is 6.54. The summed E-state index contributed by atoms with van der Waals surface area (Å²) >= 11 is 0. The van der Waals surface area contributed by atoms with Crippen LogP contribution < -0.4 is 19.5 Å². The molecule has 0 bridgehead atoms. The molecule has 7 nitrogen and oxygen atoms in total. The minimum Gasteiger partial charge on any atom is -0.497 e. The van der Waals surface area contributed by atoms with Crippen molar-refractivity contribution in [3.8, 4) is 11.5 Å². The minimum atomic E-state index is -3.56. The lowest BCUT2D eigenvalue weighted by Crippen LogP contribution is -2.32. The van der Waals surface area contributed by atoms with Crippen LogP contribution >= 0.6 is 0 Å². The van der Waals surface area contributed by atoms with E-state index in [9.17, 15) is 13.2 Å². The zero-order valence-corrected chi connectivity index (χ0v) is 17.1. The van der Waals surface area contributed by atoms with Crippen LogP contribution in [0.2, 0.25) is 0 Å². The normalized spacial score (nSPS) is 12.2. The Morgan fingerprint density at radius 1 is 1.04 bits per heavy atom. The maximum absolute atomic E-state index is 12.2. The summed E-state index contributed by atoms with van der Waals surface area (Å²) in [5.74, 6) is 0.899. The van der Waals surface area contributed by atoms with Crippen molar-refractivity contribution >= 4 is 15.9 Å². The first-order chi connectivity index (χ1) is 13.3. The van der Waals surface area contributed by atoms with E-state index in [-0.39, 0.29) is 23.5 Å². The molecule has 1 atom stereocenters. The molecule has 0 aliphatic rings. The van der Waals surface area contributed by atoms with Gasteiger partial charge in [-0.3, -0.25) is 4.79 Å². The number of sulfonamides is 1. The van der Waals surface area contributed by atoms with Gasteiger partial charge in [0, 0.05) is 12.6 Å². The van der Waals surface area contributed by atoms with E-state index in [1.807, 2.05) is 31.2 Å². The average molecular weight is 407 g/mol. The molecule has 0 saturated carbocycles. The summed E-state index contributed by atoms with van der Waals surface area (Å²) in [6.07, 6.45) is 0.700. The van der Waals surface area contributed by atoms with Gasteiger partial charge in [0.05, 0.1) is 12.0 Å². The fourth-order valence-corrected chi connectivity index (χ4v) is 3.60. The Morgan fingerprint density at radius 3 is 2.21 bits per heavy atom. The van der Waals surface area contributed by atoms with Gasteiger partial charge in [0.25, 0.3) is 5.91 Å². The van der Waals surface area contributed by atoms with Crippen molar-refractivity contribution in [2.75, 3.05) is 13.7 Å². The molecular weight excluding hydrogens is 380 g/mol. The van der Waals surface area contributed by atoms with Crippen molar-refractivity contribution in [1.29, 1.82) is 0 Å². The third-order valence-corrected chi connectivity index (χ3v) is 5.73. The summed E-state index contributed by atoms with van der Waals surface area (Å²) in [7, 11) is -1.96. The van der Waals surface area contributed by atoms with Gasteiger partial charge in [-0.2, -0.15) is 0 Å². The van der Waals surface area contributed by atoms with E-state index in [1.54, 1.807) is 14.0 Å². The Morgan fingerprint density at radius 2 is 1.64 bits per heavy atom. The number of amides is 1. The first kappa shape index (κ1) is 21.7. The van der Waals surface area contributed by atoms with E-state index >= 15 is 0 Å². The van der Waals surface area contributed by atoms with Crippen molar-refractivity contribution in [3.63, 3.8) is 0 Å². The van der Waals surface area contributed by atoms with E-state index in [2.05, 4.69) is 10.0 Å². The molecule has 0 aliphatic carbocycles. The molecule has 0 fully saturated rings. The topological polar surface area (TPSA) is 93.7 Å². The van der Waals surface area contributed by atoms with Crippen molar-refractivity contribution < 1.29 is 22.7 Å². The second-order valence-corrected chi connectivity index (χ2v) is 8.03. The van der Waals surface area contributed by atoms with Crippen LogP contribution in [0.4, 0.5) is 0 Å². The molecule has 8 heteroatoms. The zero-order valence-electron chi connectivity index (χ0n) is 16.3. The summed E-state index contributed by atoms with van der Waals surface area (Å²) in [4.78, 5) is 12.1. The summed E-state index contributed by atoms with van der Waals surface area (Å²) in [6.45, 7) is 3.93. The predicted molar refractivity (Wildman–Crippen MR) is 107 cm³/mol. The molecule has 0 heterocycles. The van der Waals surface area contributed by atoms with Crippen LogP contribution in [-0.4, -0.2) is 34.1 Å². The highest BCUT2D eigenvalue weighted by atomic mass is 32.2. The first-order valence-electron chi connectivity index (χ1n) is 8.99. The summed E-state index contributed by atoms with van der Waals surface area (Å²) in [5, 5.41) is 2.76. The van der Waals surface area contributed by atoms with E-state index in [0.29, 0.717) is 18.7 Å². The fraction of sp³-hybridized carbons (Fsp3) is 0.350. The molecule has 0 aromatic heterocycles. The quantitative estimate of drug-likeness (QED) is 0.632. The molecule has 0 saturated heterocycles. The van der Waals surface area contributed by atoms with Crippen LogP contribution in [-0.2, 0) is 21.4 Å². The number of rotatable bonds is 10. The predicted octanol–water partition coefficient (Wildman–Crippen LogP) is 2.47. The van der Waals surface area contributed by atoms with Gasteiger partial charge in [-0.1, -0.05) is 19.1 Å². The number of benzene rings is 2. The Balaban J connectivity index is 1.82. The lowest BCUT2D eigenvalue weighted by atomic mass is 10.2. The minimum absolute atomic E-state index is 0.143. The third-order valence-electron chi connectivity index (χ3n) is 4.12. The number of hydrogen-bond donors (Lipinski definition) is 2. The van der Waals surface area contributed by atoms with Gasteiger partial charge in [0.15, 0.2) is 6.61 Å². The highest BCUT2D eigenvalue weighted by Gasteiger charge is 2.16. The summed E-state index contributed by atoms with van der Waals surface area (Å²) in [6, 6.07) is 13.2. The molecule has 1 amide bonds. The summed E-state index contributed by atoms with van der Waals surface area (Å²) in [5.41, 5.74) is 0.942. The Bertz CT molecular complexity index is 864. The zero-order chi connectivity index (χ0) is 20.6. The number of carbonyl (C=O) groups is 1. The summed E-state index contributed by atoms with van der Waals surface area (Å²) < 4.78 is 37.5.